The zero-order chi connectivity index (χ0) is 20.8. The Morgan fingerprint density at radius 1 is 0.897 bits per heavy atom. The third kappa shape index (κ3) is 5.88. The van der Waals surface area contributed by atoms with Crippen molar-refractivity contribution in [1.29, 1.82) is 0 Å². The summed E-state index contributed by atoms with van der Waals surface area (Å²) in [7, 11) is 3.25. The van der Waals surface area contributed by atoms with Crippen LogP contribution in [-0.2, 0) is 13.1 Å². The van der Waals surface area contributed by atoms with Crippen LogP contribution in [0, 0.1) is 11.6 Å². The van der Waals surface area contributed by atoms with Gasteiger partial charge in [0.1, 0.15) is 23.1 Å². The average molecular weight is 406 g/mol. The van der Waals surface area contributed by atoms with E-state index in [1.54, 1.807) is 14.2 Å². The second kappa shape index (κ2) is 10.0. The lowest BCUT2D eigenvalue weighted by atomic mass is 10.1. The van der Waals surface area contributed by atoms with Crippen LogP contribution >= 0.6 is 0 Å². The minimum absolute atomic E-state index is 0.0883. The highest BCUT2D eigenvalue weighted by atomic mass is 19.1. The van der Waals surface area contributed by atoms with Gasteiger partial charge in [-0.05, 0) is 41.8 Å². The van der Waals surface area contributed by atoms with E-state index in [4.69, 9.17) is 9.47 Å². The maximum absolute atomic E-state index is 13.5. The van der Waals surface area contributed by atoms with Crippen molar-refractivity contribution in [3.05, 3.63) is 59.2 Å². The molecule has 29 heavy (non-hydrogen) atoms. The summed E-state index contributed by atoms with van der Waals surface area (Å²) in [6.07, 6.45) is 0.634. The van der Waals surface area contributed by atoms with Gasteiger partial charge in [0, 0.05) is 57.5 Å². The van der Waals surface area contributed by atoms with Crippen molar-refractivity contribution in [2.75, 3.05) is 40.5 Å². The molecule has 1 aliphatic heterocycles. The third-order valence-corrected chi connectivity index (χ3v) is 5.28. The number of methoxy groups -OCH3 is 2. The van der Waals surface area contributed by atoms with Gasteiger partial charge in [0.2, 0.25) is 0 Å². The van der Waals surface area contributed by atoms with E-state index in [1.807, 2.05) is 18.2 Å². The fourth-order valence-corrected chi connectivity index (χ4v) is 3.88. The topological polar surface area (TPSA) is 45.2 Å². The summed E-state index contributed by atoms with van der Waals surface area (Å²) in [4.78, 5) is 4.50. The minimum atomic E-state index is -0.558. The van der Waals surface area contributed by atoms with E-state index >= 15 is 0 Å². The summed E-state index contributed by atoms with van der Waals surface area (Å²) in [6.45, 7) is 3.58. The van der Waals surface area contributed by atoms with Gasteiger partial charge in [0.05, 0.1) is 14.2 Å². The number of aliphatic hydroxyl groups is 1. The maximum Gasteiger partial charge on any atom is 0.126 e. The Morgan fingerprint density at radius 2 is 1.52 bits per heavy atom. The van der Waals surface area contributed by atoms with Crippen LogP contribution in [0.25, 0.3) is 0 Å². The summed E-state index contributed by atoms with van der Waals surface area (Å²) in [5, 5.41) is 9.53. The lowest BCUT2D eigenvalue weighted by molar-refractivity contribution is 0.0498. The molecule has 1 fully saturated rings. The van der Waals surface area contributed by atoms with Gasteiger partial charge in [0.15, 0.2) is 0 Å². The molecule has 0 unspecified atom stereocenters. The van der Waals surface area contributed by atoms with E-state index in [-0.39, 0.29) is 12.6 Å². The van der Waals surface area contributed by atoms with E-state index in [9.17, 15) is 13.9 Å². The molecular weight excluding hydrogens is 378 g/mol. The predicted octanol–water partition coefficient (Wildman–Crippen LogP) is 3.05. The van der Waals surface area contributed by atoms with Crippen molar-refractivity contribution in [1.82, 2.24) is 9.80 Å². The predicted molar refractivity (Wildman–Crippen MR) is 107 cm³/mol. The first-order valence-corrected chi connectivity index (χ1v) is 9.75. The zero-order valence-corrected chi connectivity index (χ0v) is 16.9. The summed E-state index contributed by atoms with van der Waals surface area (Å²) < 4.78 is 37.7. The minimum Gasteiger partial charge on any atom is -0.497 e. The number of halogens is 2. The van der Waals surface area contributed by atoms with E-state index in [1.165, 1.54) is 12.1 Å². The smallest absolute Gasteiger partial charge is 0.126 e. The van der Waals surface area contributed by atoms with Crippen LogP contribution in [0.2, 0.25) is 0 Å². The van der Waals surface area contributed by atoms with Gasteiger partial charge < -0.3 is 14.6 Å². The highest BCUT2D eigenvalue weighted by Crippen LogP contribution is 2.25. The first kappa shape index (κ1) is 21.5. The Balaban J connectivity index is 1.69. The molecule has 0 amide bonds. The van der Waals surface area contributed by atoms with Gasteiger partial charge in [-0.2, -0.15) is 0 Å². The second-order valence-electron chi connectivity index (χ2n) is 7.37. The molecule has 3 rings (SSSR count). The van der Waals surface area contributed by atoms with E-state index in [2.05, 4.69) is 9.80 Å². The van der Waals surface area contributed by atoms with Gasteiger partial charge in [-0.1, -0.05) is 0 Å². The zero-order valence-electron chi connectivity index (χ0n) is 16.9. The lowest BCUT2D eigenvalue weighted by Gasteiger charge is -2.41. The number of piperazine rings is 1. The lowest BCUT2D eigenvalue weighted by Crippen LogP contribution is -2.52. The number of benzene rings is 2. The summed E-state index contributed by atoms with van der Waals surface area (Å²) >= 11 is 0. The van der Waals surface area contributed by atoms with Crippen LogP contribution in [-0.4, -0.2) is 61.4 Å². The Morgan fingerprint density at radius 3 is 2.10 bits per heavy atom. The molecule has 0 saturated carbocycles. The van der Waals surface area contributed by atoms with Crippen molar-refractivity contribution in [2.24, 2.45) is 0 Å². The van der Waals surface area contributed by atoms with Gasteiger partial charge in [-0.15, -0.1) is 0 Å². The van der Waals surface area contributed by atoms with Crippen LogP contribution in [0.1, 0.15) is 17.5 Å². The van der Waals surface area contributed by atoms with Crippen molar-refractivity contribution in [3.8, 4) is 11.5 Å². The van der Waals surface area contributed by atoms with Crippen molar-refractivity contribution >= 4 is 0 Å². The standard InChI is InChI=1S/C22H28F2N2O3/c1-28-21-9-17(10-22(12-21)29-2)14-26-5-4-25(15-20(26)3-6-27)13-16-7-18(23)11-19(24)8-16/h7-12,20,27H,3-6,13-15H2,1-2H3/t20-/m0/s1. The van der Waals surface area contributed by atoms with Gasteiger partial charge in [-0.25, -0.2) is 8.78 Å². The molecular formula is C22H28F2N2O3. The van der Waals surface area contributed by atoms with E-state index < -0.39 is 11.6 Å². The fourth-order valence-electron chi connectivity index (χ4n) is 3.88. The maximum atomic E-state index is 13.5. The number of nitrogens with zero attached hydrogens (tertiary/aromatic N) is 2. The highest BCUT2D eigenvalue weighted by molar-refractivity contribution is 5.38. The van der Waals surface area contributed by atoms with Crippen LogP contribution in [0.15, 0.2) is 36.4 Å². The van der Waals surface area contributed by atoms with Crippen LogP contribution in [0.4, 0.5) is 8.78 Å². The molecule has 1 atom stereocenters. The fraction of sp³-hybridized carbons (Fsp3) is 0.455. The highest BCUT2D eigenvalue weighted by Gasteiger charge is 2.27. The van der Waals surface area contributed by atoms with Gasteiger partial charge >= 0.3 is 0 Å². The Labute approximate surface area is 170 Å². The van der Waals surface area contributed by atoms with Crippen LogP contribution in [0.5, 0.6) is 11.5 Å². The SMILES string of the molecule is COc1cc(CN2CCN(Cc3cc(F)cc(F)c3)C[C@@H]2CCO)cc(OC)c1. The number of aliphatic hydroxyl groups excluding tert-OH is 1. The molecule has 0 aliphatic carbocycles. The first-order chi connectivity index (χ1) is 14.0. The molecule has 0 spiro atoms. The second-order valence-corrected chi connectivity index (χ2v) is 7.37. The Bertz CT molecular complexity index is 776. The molecule has 0 aromatic heterocycles. The number of ether oxygens (including phenoxy) is 2. The molecule has 2 aromatic rings. The molecule has 1 saturated heterocycles. The molecule has 1 N–H and O–H groups in total. The number of hydrogen-bond acceptors (Lipinski definition) is 5. The van der Waals surface area contributed by atoms with Crippen LogP contribution in [0.3, 0.4) is 0 Å². The summed E-state index contributed by atoms with van der Waals surface area (Å²) in [5.74, 6) is 0.365. The molecule has 5 nitrogen and oxygen atoms in total. The van der Waals surface area contributed by atoms with E-state index in [0.717, 1.165) is 42.8 Å². The normalized spacial score (nSPS) is 18.0. The van der Waals surface area contributed by atoms with Crippen molar-refractivity contribution in [3.63, 3.8) is 0 Å². The average Bonchev–Trinajstić information content (AvgIpc) is 2.69. The molecule has 0 bridgehead atoms. The summed E-state index contributed by atoms with van der Waals surface area (Å²) in [5.41, 5.74) is 1.70. The Hall–Kier alpha value is -2.22. The van der Waals surface area contributed by atoms with Gasteiger partial charge in [0.25, 0.3) is 0 Å². The molecule has 1 aliphatic rings. The monoisotopic (exact) mass is 406 g/mol. The number of hydrogen-bond donors (Lipinski definition) is 1. The molecule has 0 radical (unpaired) electrons. The van der Waals surface area contributed by atoms with Crippen molar-refractivity contribution < 1.29 is 23.4 Å². The molecule has 1 heterocycles. The van der Waals surface area contributed by atoms with Crippen molar-refractivity contribution in [2.45, 2.75) is 25.6 Å². The first-order valence-electron chi connectivity index (χ1n) is 9.75. The molecule has 158 valence electrons. The van der Waals surface area contributed by atoms with Crippen LogP contribution < -0.4 is 9.47 Å². The van der Waals surface area contributed by atoms with E-state index in [0.29, 0.717) is 25.1 Å². The van der Waals surface area contributed by atoms with Gasteiger partial charge in [-0.3, -0.25) is 9.80 Å². The summed E-state index contributed by atoms with van der Waals surface area (Å²) in [6, 6.07) is 9.59. The number of rotatable bonds is 8. The Kier molecular flexibility index (Phi) is 7.41. The quantitative estimate of drug-likeness (QED) is 0.730. The molecule has 7 heteroatoms. The third-order valence-electron chi connectivity index (χ3n) is 5.28. The molecule has 2 aromatic carbocycles. The largest absolute Gasteiger partial charge is 0.497 e.